The van der Waals surface area contributed by atoms with Crippen LogP contribution >= 0.6 is 11.3 Å². The lowest BCUT2D eigenvalue weighted by Crippen LogP contribution is -2.48. The minimum absolute atomic E-state index is 0.0876. The molecule has 0 saturated carbocycles. The summed E-state index contributed by atoms with van der Waals surface area (Å²) in [5.41, 5.74) is 0.820. The number of nitro groups is 1. The molecule has 1 aliphatic heterocycles. The van der Waals surface area contributed by atoms with Crippen molar-refractivity contribution < 1.29 is 14.5 Å². The van der Waals surface area contributed by atoms with E-state index in [1.807, 2.05) is 19.1 Å². The van der Waals surface area contributed by atoms with E-state index in [-0.39, 0.29) is 11.3 Å². The third-order valence-corrected chi connectivity index (χ3v) is 6.45. The van der Waals surface area contributed by atoms with Gasteiger partial charge in [-0.3, -0.25) is 19.8 Å². The largest absolute Gasteiger partial charge is 0.492 e. The van der Waals surface area contributed by atoms with Gasteiger partial charge in [0.05, 0.1) is 16.2 Å². The summed E-state index contributed by atoms with van der Waals surface area (Å²) in [6, 6.07) is 12.0. The van der Waals surface area contributed by atoms with Gasteiger partial charge in [0.2, 0.25) is 0 Å². The van der Waals surface area contributed by atoms with Gasteiger partial charge in [-0.25, -0.2) is 4.98 Å². The smallest absolute Gasteiger partial charge is 0.282 e. The zero-order chi connectivity index (χ0) is 22.5. The standard InChI is InChI=1S/C22H25N5O4S/c1-2-31-18-8-5-9-19-20(18)24-22(32-19)26-14-12-25(13-15-26)11-10-23-21(28)16-6-3-4-7-17(16)27(29)30/h3-9H,2,10-15H2,1H3,(H,23,28). The highest BCUT2D eigenvalue weighted by Gasteiger charge is 2.22. The number of ether oxygens (including phenoxy) is 1. The number of hydrogen-bond donors (Lipinski definition) is 1. The van der Waals surface area contributed by atoms with E-state index in [1.54, 1.807) is 23.5 Å². The van der Waals surface area contributed by atoms with Crippen LogP contribution in [0, 0.1) is 10.1 Å². The summed E-state index contributed by atoms with van der Waals surface area (Å²) in [5, 5.41) is 14.9. The lowest BCUT2D eigenvalue weighted by Gasteiger charge is -2.34. The fraction of sp³-hybridized carbons (Fsp3) is 0.364. The van der Waals surface area contributed by atoms with Crippen LogP contribution in [0.5, 0.6) is 5.75 Å². The predicted octanol–water partition coefficient (Wildman–Crippen LogP) is 3.16. The molecule has 2 heterocycles. The molecule has 0 radical (unpaired) electrons. The van der Waals surface area contributed by atoms with Crippen LogP contribution in [-0.2, 0) is 0 Å². The van der Waals surface area contributed by atoms with Gasteiger partial charge in [0.15, 0.2) is 5.13 Å². The number of hydrogen-bond acceptors (Lipinski definition) is 8. The Morgan fingerprint density at radius 3 is 2.72 bits per heavy atom. The van der Waals surface area contributed by atoms with Gasteiger partial charge < -0.3 is 15.0 Å². The molecule has 0 atom stereocenters. The fourth-order valence-electron chi connectivity index (χ4n) is 3.73. The Balaban J connectivity index is 1.28. The minimum atomic E-state index is -0.534. The van der Waals surface area contributed by atoms with Gasteiger partial charge in [0.1, 0.15) is 16.8 Å². The number of nitrogens with one attached hydrogen (secondary N) is 1. The summed E-state index contributed by atoms with van der Waals surface area (Å²) in [4.78, 5) is 32.3. The molecular formula is C22H25N5O4S. The van der Waals surface area contributed by atoms with Gasteiger partial charge in [-0.05, 0) is 25.1 Å². The first-order chi connectivity index (χ1) is 15.6. The third kappa shape index (κ3) is 4.81. The number of fused-ring (bicyclic) bond motifs is 1. The van der Waals surface area contributed by atoms with Crippen molar-refractivity contribution in [3.05, 3.63) is 58.1 Å². The SMILES string of the molecule is CCOc1cccc2sc(N3CCN(CCNC(=O)c4ccccc4[N+](=O)[O-])CC3)nc12. The fourth-order valence-corrected chi connectivity index (χ4v) is 4.76. The first-order valence-electron chi connectivity index (χ1n) is 10.6. The highest BCUT2D eigenvalue weighted by molar-refractivity contribution is 7.22. The van der Waals surface area contributed by atoms with Crippen molar-refractivity contribution in [1.29, 1.82) is 0 Å². The van der Waals surface area contributed by atoms with Crippen molar-refractivity contribution in [2.45, 2.75) is 6.92 Å². The molecule has 1 N–H and O–H groups in total. The molecule has 4 rings (SSSR count). The molecule has 1 saturated heterocycles. The molecule has 1 aromatic heterocycles. The topological polar surface area (TPSA) is 101 Å². The molecule has 0 aliphatic carbocycles. The average Bonchev–Trinajstić information content (AvgIpc) is 3.25. The van der Waals surface area contributed by atoms with Crippen LogP contribution in [0.25, 0.3) is 10.2 Å². The second-order valence-corrected chi connectivity index (χ2v) is 8.40. The maximum atomic E-state index is 12.3. The van der Waals surface area contributed by atoms with Crippen LogP contribution in [0.4, 0.5) is 10.8 Å². The Bertz CT molecular complexity index is 1110. The van der Waals surface area contributed by atoms with Crippen molar-refractivity contribution in [2.75, 3.05) is 50.8 Å². The molecule has 9 nitrogen and oxygen atoms in total. The highest BCUT2D eigenvalue weighted by Crippen LogP contribution is 2.34. The van der Waals surface area contributed by atoms with E-state index in [4.69, 9.17) is 9.72 Å². The number of para-hydroxylation sites is 2. The lowest BCUT2D eigenvalue weighted by molar-refractivity contribution is -0.385. The second-order valence-electron chi connectivity index (χ2n) is 7.39. The van der Waals surface area contributed by atoms with Gasteiger partial charge in [0, 0.05) is 45.3 Å². The van der Waals surface area contributed by atoms with E-state index in [1.165, 1.54) is 12.1 Å². The molecule has 0 spiro atoms. The zero-order valence-corrected chi connectivity index (χ0v) is 18.6. The van der Waals surface area contributed by atoms with Gasteiger partial charge in [-0.2, -0.15) is 0 Å². The normalized spacial score (nSPS) is 14.5. The molecule has 0 unspecified atom stereocenters. The van der Waals surface area contributed by atoms with Crippen LogP contribution in [0.2, 0.25) is 0 Å². The Morgan fingerprint density at radius 1 is 1.19 bits per heavy atom. The van der Waals surface area contributed by atoms with Gasteiger partial charge in [-0.1, -0.05) is 29.5 Å². The number of carbonyl (C=O) groups excluding carboxylic acids is 1. The van der Waals surface area contributed by atoms with Crippen molar-refractivity contribution >= 4 is 38.3 Å². The zero-order valence-electron chi connectivity index (χ0n) is 17.8. The number of amides is 1. The lowest BCUT2D eigenvalue weighted by atomic mass is 10.1. The van der Waals surface area contributed by atoms with E-state index >= 15 is 0 Å². The number of nitrogens with zero attached hydrogens (tertiary/aromatic N) is 4. The molecule has 3 aromatic rings. The van der Waals surface area contributed by atoms with Crippen LogP contribution in [0.3, 0.4) is 0 Å². The Hall–Kier alpha value is -3.24. The molecule has 168 valence electrons. The molecule has 0 bridgehead atoms. The number of anilines is 1. The summed E-state index contributed by atoms with van der Waals surface area (Å²) >= 11 is 1.67. The van der Waals surface area contributed by atoms with Crippen LogP contribution < -0.4 is 15.0 Å². The summed E-state index contributed by atoms with van der Waals surface area (Å²) in [7, 11) is 0. The number of benzene rings is 2. The molecule has 1 fully saturated rings. The predicted molar refractivity (Wildman–Crippen MR) is 125 cm³/mol. The summed E-state index contributed by atoms with van der Waals surface area (Å²) < 4.78 is 6.82. The van der Waals surface area contributed by atoms with Gasteiger partial charge in [-0.15, -0.1) is 0 Å². The first kappa shape index (κ1) is 22.0. The molecule has 32 heavy (non-hydrogen) atoms. The van der Waals surface area contributed by atoms with Crippen molar-refractivity contribution in [1.82, 2.24) is 15.2 Å². The molecular weight excluding hydrogens is 430 g/mol. The Labute approximate surface area is 189 Å². The first-order valence-corrected chi connectivity index (χ1v) is 11.4. The number of rotatable bonds is 8. The van der Waals surface area contributed by atoms with E-state index in [0.29, 0.717) is 19.7 Å². The van der Waals surface area contributed by atoms with Crippen molar-refractivity contribution in [2.24, 2.45) is 0 Å². The number of thiazole rings is 1. The van der Waals surface area contributed by atoms with Crippen molar-refractivity contribution in [3.63, 3.8) is 0 Å². The molecule has 1 amide bonds. The van der Waals surface area contributed by atoms with Crippen LogP contribution in [0.15, 0.2) is 42.5 Å². The summed E-state index contributed by atoms with van der Waals surface area (Å²) in [6.45, 7) is 7.11. The second kappa shape index (κ2) is 9.92. The molecule has 1 aliphatic rings. The number of aromatic nitrogens is 1. The third-order valence-electron chi connectivity index (χ3n) is 5.37. The van der Waals surface area contributed by atoms with Crippen LogP contribution in [-0.4, -0.2) is 66.6 Å². The number of piperazine rings is 1. The van der Waals surface area contributed by atoms with E-state index in [2.05, 4.69) is 21.2 Å². The number of nitro benzene ring substituents is 1. The van der Waals surface area contributed by atoms with E-state index < -0.39 is 10.8 Å². The van der Waals surface area contributed by atoms with Gasteiger partial charge in [0.25, 0.3) is 11.6 Å². The minimum Gasteiger partial charge on any atom is -0.492 e. The summed E-state index contributed by atoms with van der Waals surface area (Å²) in [6.07, 6.45) is 0. The Kier molecular flexibility index (Phi) is 6.81. The monoisotopic (exact) mass is 455 g/mol. The summed E-state index contributed by atoms with van der Waals surface area (Å²) in [5.74, 6) is 0.399. The highest BCUT2D eigenvalue weighted by atomic mass is 32.1. The van der Waals surface area contributed by atoms with E-state index in [0.717, 1.165) is 47.3 Å². The van der Waals surface area contributed by atoms with Gasteiger partial charge >= 0.3 is 0 Å². The number of carbonyl (C=O) groups is 1. The maximum Gasteiger partial charge on any atom is 0.282 e. The quantitative estimate of drug-likeness (QED) is 0.411. The van der Waals surface area contributed by atoms with Crippen molar-refractivity contribution in [3.8, 4) is 5.75 Å². The van der Waals surface area contributed by atoms with Crippen LogP contribution in [0.1, 0.15) is 17.3 Å². The molecule has 10 heteroatoms. The maximum absolute atomic E-state index is 12.3. The Morgan fingerprint density at radius 2 is 1.97 bits per heavy atom. The molecule has 2 aromatic carbocycles. The van der Waals surface area contributed by atoms with E-state index in [9.17, 15) is 14.9 Å². The average molecular weight is 456 g/mol.